The number of hydrogen-bond donors (Lipinski definition) is 2. The minimum atomic E-state index is -0.204. The van der Waals surface area contributed by atoms with Crippen LogP contribution in [-0.2, 0) is 9.53 Å². The molecule has 0 unspecified atom stereocenters. The van der Waals surface area contributed by atoms with Gasteiger partial charge in [-0.25, -0.2) is 0 Å². The number of rotatable bonds is 7. The molecule has 6 heteroatoms. The van der Waals surface area contributed by atoms with Gasteiger partial charge in [-0.2, -0.15) is 5.26 Å². The Labute approximate surface area is 159 Å². The molecule has 2 N–H and O–H groups in total. The van der Waals surface area contributed by atoms with Gasteiger partial charge in [-0.3, -0.25) is 4.79 Å². The van der Waals surface area contributed by atoms with E-state index < -0.39 is 0 Å². The molecule has 6 nitrogen and oxygen atoms in total. The van der Waals surface area contributed by atoms with Gasteiger partial charge >= 0.3 is 0 Å². The Balaban J connectivity index is 1.62. The van der Waals surface area contributed by atoms with Crippen LogP contribution in [0.2, 0.25) is 0 Å². The van der Waals surface area contributed by atoms with Crippen LogP contribution in [0.15, 0.2) is 54.6 Å². The van der Waals surface area contributed by atoms with E-state index in [9.17, 15) is 4.79 Å². The van der Waals surface area contributed by atoms with Crippen molar-refractivity contribution in [1.82, 2.24) is 5.32 Å². The molecule has 140 valence electrons. The van der Waals surface area contributed by atoms with Crippen LogP contribution in [0.5, 0.6) is 5.75 Å². The number of ether oxygens (including phenoxy) is 2. The molecule has 0 aromatic heterocycles. The molecular formula is C21H24N3O3+. The van der Waals surface area contributed by atoms with Crippen LogP contribution in [0.4, 0.5) is 0 Å². The number of morpholine rings is 1. The Kier molecular flexibility index (Phi) is 6.80. The molecule has 2 aromatic rings. The van der Waals surface area contributed by atoms with Crippen molar-refractivity contribution in [2.24, 2.45) is 0 Å². The highest BCUT2D eigenvalue weighted by Crippen LogP contribution is 2.16. The van der Waals surface area contributed by atoms with Crippen molar-refractivity contribution < 1.29 is 19.2 Å². The minimum absolute atomic E-state index is 0.0957. The third-order valence-electron chi connectivity index (χ3n) is 4.60. The second-order valence-electron chi connectivity index (χ2n) is 6.49. The van der Waals surface area contributed by atoms with Gasteiger partial charge in [-0.15, -0.1) is 0 Å². The highest BCUT2D eigenvalue weighted by atomic mass is 16.5. The quantitative estimate of drug-likeness (QED) is 0.757. The molecule has 27 heavy (non-hydrogen) atoms. The normalized spacial score (nSPS) is 15.5. The van der Waals surface area contributed by atoms with Gasteiger partial charge in [0.15, 0.2) is 6.61 Å². The first kappa shape index (κ1) is 18.9. The van der Waals surface area contributed by atoms with Crippen LogP contribution >= 0.6 is 0 Å². The first-order chi connectivity index (χ1) is 13.3. The molecule has 1 amide bonds. The Hall–Kier alpha value is -2.88. The fourth-order valence-corrected chi connectivity index (χ4v) is 3.15. The fourth-order valence-electron chi connectivity index (χ4n) is 3.15. The average Bonchev–Trinajstić information content (AvgIpc) is 2.73. The molecule has 0 saturated carbocycles. The molecule has 0 bridgehead atoms. The van der Waals surface area contributed by atoms with Crippen LogP contribution in [-0.4, -0.2) is 45.4 Å². The summed E-state index contributed by atoms with van der Waals surface area (Å²) in [7, 11) is 0. The maximum Gasteiger partial charge on any atom is 0.258 e. The Morgan fingerprint density at radius 3 is 2.59 bits per heavy atom. The van der Waals surface area contributed by atoms with Crippen LogP contribution in [0.25, 0.3) is 0 Å². The highest BCUT2D eigenvalue weighted by molar-refractivity contribution is 5.78. The number of carbonyl (C=O) groups excluding carboxylic acids is 1. The lowest BCUT2D eigenvalue weighted by atomic mass is 10.1. The van der Waals surface area contributed by atoms with Gasteiger partial charge in [-0.05, 0) is 17.7 Å². The van der Waals surface area contributed by atoms with Gasteiger partial charge in [0.25, 0.3) is 5.91 Å². The van der Waals surface area contributed by atoms with E-state index in [1.807, 2.05) is 30.3 Å². The summed E-state index contributed by atoms with van der Waals surface area (Å²) < 4.78 is 11.0. The van der Waals surface area contributed by atoms with Crippen LogP contribution < -0.4 is 15.0 Å². The number of hydrogen-bond acceptors (Lipinski definition) is 4. The summed E-state index contributed by atoms with van der Waals surface area (Å²) in [4.78, 5) is 13.9. The smallest absolute Gasteiger partial charge is 0.258 e. The molecule has 0 aliphatic carbocycles. The standard InChI is InChI=1S/C21H23N3O3/c22-14-18-8-4-5-9-20(18)27-16-21(25)23-19(17-6-2-1-3-7-17)15-24-10-12-26-13-11-24/h1-9,19H,10-13,15-16H2,(H,23,25)/p+1/t19-/m1/s1. The third-order valence-corrected chi connectivity index (χ3v) is 4.60. The van der Waals surface area contributed by atoms with E-state index in [1.165, 1.54) is 4.90 Å². The fraction of sp³-hybridized carbons (Fsp3) is 0.333. The average molecular weight is 366 g/mol. The first-order valence-electron chi connectivity index (χ1n) is 9.14. The number of para-hydroxylation sites is 1. The molecule has 1 saturated heterocycles. The summed E-state index contributed by atoms with van der Waals surface area (Å²) in [5, 5.41) is 12.2. The van der Waals surface area contributed by atoms with Gasteiger partial charge < -0.3 is 19.7 Å². The summed E-state index contributed by atoms with van der Waals surface area (Å²) in [6.07, 6.45) is 0. The lowest BCUT2D eigenvalue weighted by Gasteiger charge is -2.28. The minimum Gasteiger partial charge on any atom is -0.482 e. The van der Waals surface area contributed by atoms with Crippen LogP contribution in [0.1, 0.15) is 17.2 Å². The van der Waals surface area contributed by atoms with Crippen molar-refractivity contribution in [1.29, 1.82) is 5.26 Å². The monoisotopic (exact) mass is 366 g/mol. The van der Waals surface area contributed by atoms with Gasteiger partial charge in [0.05, 0.1) is 18.8 Å². The summed E-state index contributed by atoms with van der Waals surface area (Å²) in [5.41, 5.74) is 1.49. The molecule has 2 aromatic carbocycles. The van der Waals surface area contributed by atoms with E-state index in [1.54, 1.807) is 24.3 Å². The zero-order valence-corrected chi connectivity index (χ0v) is 15.2. The first-order valence-corrected chi connectivity index (χ1v) is 9.14. The van der Waals surface area contributed by atoms with Crippen molar-refractivity contribution in [3.05, 3.63) is 65.7 Å². The lowest BCUT2D eigenvalue weighted by molar-refractivity contribution is -0.909. The van der Waals surface area contributed by atoms with E-state index in [-0.39, 0.29) is 18.6 Å². The number of nitrogens with one attached hydrogen (secondary N) is 2. The maximum absolute atomic E-state index is 12.5. The van der Waals surface area contributed by atoms with E-state index in [0.29, 0.717) is 11.3 Å². The molecule has 0 spiro atoms. The second-order valence-corrected chi connectivity index (χ2v) is 6.49. The van der Waals surface area contributed by atoms with Crippen molar-refractivity contribution in [3.8, 4) is 11.8 Å². The Morgan fingerprint density at radius 2 is 1.85 bits per heavy atom. The molecule has 1 aliphatic rings. The number of nitriles is 1. The van der Waals surface area contributed by atoms with Gasteiger partial charge in [0, 0.05) is 0 Å². The predicted molar refractivity (Wildman–Crippen MR) is 100 cm³/mol. The number of quaternary nitrogens is 1. The summed E-state index contributed by atoms with van der Waals surface area (Å²) in [6, 6.07) is 18.8. The summed E-state index contributed by atoms with van der Waals surface area (Å²) in [5.74, 6) is 0.217. The topological polar surface area (TPSA) is 75.8 Å². The maximum atomic E-state index is 12.5. The van der Waals surface area contributed by atoms with Crippen LogP contribution in [0, 0.1) is 11.3 Å². The third kappa shape index (κ3) is 5.55. The molecule has 1 atom stereocenters. The molecule has 3 rings (SSSR count). The van der Waals surface area contributed by atoms with Crippen molar-refractivity contribution >= 4 is 5.91 Å². The SMILES string of the molecule is N#Cc1ccccc1OCC(=O)N[C@H](C[NH+]1CCOCC1)c1ccccc1. The second kappa shape index (κ2) is 9.72. The zero-order valence-electron chi connectivity index (χ0n) is 15.2. The lowest BCUT2D eigenvalue weighted by Crippen LogP contribution is -3.14. The largest absolute Gasteiger partial charge is 0.482 e. The number of carbonyl (C=O) groups is 1. The van der Waals surface area contributed by atoms with Crippen LogP contribution in [0.3, 0.4) is 0 Å². The molecule has 1 heterocycles. The predicted octanol–water partition coefficient (Wildman–Crippen LogP) is 0.710. The number of benzene rings is 2. The Morgan fingerprint density at radius 1 is 1.15 bits per heavy atom. The highest BCUT2D eigenvalue weighted by Gasteiger charge is 2.23. The van der Waals surface area contributed by atoms with Gasteiger partial charge in [0.1, 0.15) is 37.5 Å². The van der Waals surface area contributed by atoms with Crippen molar-refractivity contribution in [2.75, 3.05) is 39.5 Å². The van der Waals surface area contributed by atoms with Gasteiger partial charge in [0.2, 0.25) is 0 Å². The van der Waals surface area contributed by atoms with E-state index in [0.717, 1.165) is 38.4 Å². The molecule has 0 radical (unpaired) electrons. The Bertz CT molecular complexity index is 783. The van der Waals surface area contributed by atoms with E-state index in [2.05, 4.69) is 11.4 Å². The van der Waals surface area contributed by atoms with Crippen molar-refractivity contribution in [3.63, 3.8) is 0 Å². The summed E-state index contributed by atoms with van der Waals surface area (Å²) in [6.45, 7) is 4.04. The van der Waals surface area contributed by atoms with E-state index in [4.69, 9.17) is 14.7 Å². The summed E-state index contributed by atoms with van der Waals surface area (Å²) >= 11 is 0. The molecule has 1 aliphatic heterocycles. The van der Waals surface area contributed by atoms with Gasteiger partial charge in [-0.1, -0.05) is 42.5 Å². The number of amides is 1. The van der Waals surface area contributed by atoms with E-state index >= 15 is 0 Å². The zero-order chi connectivity index (χ0) is 18.9. The number of nitrogens with zero attached hydrogens (tertiary/aromatic N) is 1. The molecule has 1 fully saturated rings. The molecular weight excluding hydrogens is 342 g/mol. The van der Waals surface area contributed by atoms with Crippen molar-refractivity contribution in [2.45, 2.75) is 6.04 Å².